The molecule has 0 atom stereocenters. The second-order valence-corrected chi connectivity index (χ2v) is 3.34. The molecule has 0 aromatic carbocycles. The van der Waals surface area contributed by atoms with E-state index in [4.69, 9.17) is 11.6 Å². The molecular formula is C12H17ClN2O2. The summed E-state index contributed by atoms with van der Waals surface area (Å²) < 4.78 is 0. The Bertz CT molecular complexity index is 371. The molecule has 0 spiro atoms. The average molecular weight is 257 g/mol. The van der Waals surface area contributed by atoms with E-state index in [1.165, 1.54) is 7.05 Å². The van der Waals surface area contributed by atoms with Crippen LogP contribution in [0.1, 0.15) is 13.8 Å². The molecule has 17 heavy (non-hydrogen) atoms. The fourth-order valence-corrected chi connectivity index (χ4v) is 1.19. The number of amides is 2. The highest BCUT2D eigenvalue weighted by Crippen LogP contribution is 2.07. The van der Waals surface area contributed by atoms with Gasteiger partial charge in [0.15, 0.2) is 0 Å². The summed E-state index contributed by atoms with van der Waals surface area (Å²) in [4.78, 5) is 22.8. The third-order valence-corrected chi connectivity index (χ3v) is 2.14. The molecule has 2 N–H and O–H groups in total. The van der Waals surface area contributed by atoms with E-state index in [9.17, 15) is 9.59 Å². The summed E-state index contributed by atoms with van der Waals surface area (Å²) in [5, 5.41) is 5.09. The van der Waals surface area contributed by atoms with Crippen molar-refractivity contribution < 1.29 is 9.59 Å². The van der Waals surface area contributed by atoms with Crippen LogP contribution in [-0.4, -0.2) is 24.7 Å². The molecule has 5 heteroatoms. The molecule has 0 aromatic heterocycles. The van der Waals surface area contributed by atoms with Gasteiger partial charge in [0.2, 0.25) is 5.91 Å². The molecule has 0 saturated heterocycles. The molecular weight excluding hydrogens is 240 g/mol. The second kappa shape index (κ2) is 8.58. The molecule has 0 radical (unpaired) electrons. The van der Waals surface area contributed by atoms with Crippen LogP contribution in [0.2, 0.25) is 0 Å². The van der Waals surface area contributed by atoms with E-state index < -0.39 is 0 Å². The minimum atomic E-state index is -0.356. The molecule has 0 rings (SSSR count). The number of halogens is 1. The highest BCUT2D eigenvalue weighted by Gasteiger charge is 2.13. The Hall–Kier alpha value is -1.55. The van der Waals surface area contributed by atoms with Gasteiger partial charge in [-0.3, -0.25) is 9.59 Å². The van der Waals surface area contributed by atoms with Crippen molar-refractivity contribution in [1.29, 1.82) is 0 Å². The van der Waals surface area contributed by atoms with Crippen molar-refractivity contribution in [2.45, 2.75) is 13.8 Å². The summed E-state index contributed by atoms with van der Waals surface area (Å²) in [7, 11) is 1.53. The SMILES string of the molecule is CC=C(C(=O)NC)/C(=C\C=C/C)NC(=O)CCl. The smallest absolute Gasteiger partial charge is 0.252 e. The van der Waals surface area contributed by atoms with Crippen LogP contribution >= 0.6 is 11.6 Å². The van der Waals surface area contributed by atoms with Gasteiger partial charge in [0.1, 0.15) is 5.88 Å². The van der Waals surface area contributed by atoms with Crippen molar-refractivity contribution in [3.8, 4) is 0 Å². The number of allylic oxidation sites excluding steroid dienone is 4. The van der Waals surface area contributed by atoms with Gasteiger partial charge in [-0.1, -0.05) is 18.2 Å². The molecule has 2 amide bonds. The van der Waals surface area contributed by atoms with Gasteiger partial charge in [-0.15, -0.1) is 11.6 Å². The summed E-state index contributed by atoms with van der Waals surface area (Å²) in [6.07, 6.45) is 6.80. The Balaban J connectivity index is 5.16. The van der Waals surface area contributed by atoms with Gasteiger partial charge in [-0.25, -0.2) is 0 Å². The van der Waals surface area contributed by atoms with Gasteiger partial charge >= 0.3 is 0 Å². The first-order valence-electron chi connectivity index (χ1n) is 5.18. The molecule has 0 aliphatic carbocycles. The van der Waals surface area contributed by atoms with Crippen LogP contribution in [0, 0.1) is 0 Å². The molecule has 0 heterocycles. The van der Waals surface area contributed by atoms with Gasteiger partial charge in [0, 0.05) is 7.05 Å². The van der Waals surface area contributed by atoms with Crippen molar-refractivity contribution >= 4 is 23.4 Å². The van der Waals surface area contributed by atoms with E-state index in [-0.39, 0.29) is 17.7 Å². The molecule has 0 bridgehead atoms. The summed E-state index contributed by atoms with van der Waals surface area (Å²) >= 11 is 5.41. The third-order valence-electron chi connectivity index (χ3n) is 1.90. The van der Waals surface area contributed by atoms with Crippen molar-refractivity contribution in [2.75, 3.05) is 12.9 Å². The molecule has 4 nitrogen and oxygen atoms in total. The lowest BCUT2D eigenvalue weighted by Crippen LogP contribution is -2.30. The lowest BCUT2D eigenvalue weighted by atomic mass is 10.1. The topological polar surface area (TPSA) is 58.2 Å². The lowest BCUT2D eigenvalue weighted by molar-refractivity contribution is -0.118. The molecule has 0 unspecified atom stereocenters. The number of nitrogens with one attached hydrogen (secondary N) is 2. The molecule has 0 aromatic rings. The average Bonchev–Trinajstić information content (AvgIpc) is 2.35. The highest BCUT2D eigenvalue weighted by atomic mass is 35.5. The quantitative estimate of drug-likeness (QED) is 0.445. The van der Waals surface area contributed by atoms with E-state index in [0.29, 0.717) is 11.3 Å². The van der Waals surface area contributed by atoms with Gasteiger partial charge in [-0.2, -0.15) is 0 Å². The minimum Gasteiger partial charge on any atom is -0.355 e. The first kappa shape index (κ1) is 15.4. The summed E-state index contributed by atoms with van der Waals surface area (Å²) in [6.45, 7) is 3.56. The van der Waals surface area contributed by atoms with Crippen LogP contribution < -0.4 is 10.6 Å². The Morgan fingerprint density at radius 3 is 2.35 bits per heavy atom. The molecule has 0 fully saturated rings. The van der Waals surface area contributed by atoms with Crippen molar-refractivity contribution in [3.05, 3.63) is 35.6 Å². The molecule has 0 saturated carbocycles. The Kier molecular flexibility index (Phi) is 7.80. The van der Waals surface area contributed by atoms with Crippen LogP contribution in [-0.2, 0) is 9.59 Å². The van der Waals surface area contributed by atoms with E-state index >= 15 is 0 Å². The zero-order chi connectivity index (χ0) is 13.3. The summed E-state index contributed by atoms with van der Waals surface area (Å²) in [5.74, 6) is -0.776. The molecule has 0 aliphatic rings. The molecule has 0 aliphatic heterocycles. The highest BCUT2D eigenvalue weighted by molar-refractivity contribution is 6.27. The maximum absolute atomic E-state index is 11.6. The molecule has 94 valence electrons. The Labute approximate surface area is 106 Å². The van der Waals surface area contributed by atoms with Crippen molar-refractivity contribution in [2.24, 2.45) is 0 Å². The number of carbonyl (C=O) groups is 2. The van der Waals surface area contributed by atoms with Crippen LogP contribution in [0.3, 0.4) is 0 Å². The fraction of sp³-hybridized carbons (Fsp3) is 0.333. The first-order chi connectivity index (χ1) is 8.10. The number of likely N-dealkylation sites (N-methyl/N-ethyl adjacent to an activating group) is 1. The van der Waals surface area contributed by atoms with Crippen molar-refractivity contribution in [3.63, 3.8) is 0 Å². The van der Waals surface area contributed by atoms with Crippen molar-refractivity contribution in [1.82, 2.24) is 10.6 Å². The van der Waals surface area contributed by atoms with Crippen LogP contribution in [0.15, 0.2) is 35.6 Å². The van der Waals surface area contributed by atoms with Gasteiger partial charge < -0.3 is 10.6 Å². The van der Waals surface area contributed by atoms with E-state index in [0.717, 1.165) is 0 Å². The zero-order valence-electron chi connectivity index (χ0n) is 10.2. The zero-order valence-corrected chi connectivity index (χ0v) is 11.0. The number of carbonyl (C=O) groups excluding carboxylic acids is 2. The van der Waals surface area contributed by atoms with E-state index in [2.05, 4.69) is 10.6 Å². The Morgan fingerprint density at radius 1 is 1.29 bits per heavy atom. The Morgan fingerprint density at radius 2 is 1.94 bits per heavy atom. The third kappa shape index (κ3) is 5.36. The van der Waals surface area contributed by atoms with E-state index in [1.807, 2.05) is 6.92 Å². The van der Waals surface area contributed by atoms with Crippen LogP contribution in [0.5, 0.6) is 0 Å². The standard InChI is InChI=1S/C12H17ClN2O2/c1-4-6-7-10(15-11(16)8-13)9(5-2)12(17)14-3/h4-7H,8H2,1-3H3,(H,14,17)(H,15,16)/b6-4-,9-5?,10-7+. The maximum Gasteiger partial charge on any atom is 0.252 e. The number of hydrogen-bond acceptors (Lipinski definition) is 2. The summed E-state index contributed by atoms with van der Waals surface area (Å²) in [5.41, 5.74) is 0.819. The van der Waals surface area contributed by atoms with E-state index in [1.54, 1.807) is 31.2 Å². The lowest BCUT2D eigenvalue weighted by Gasteiger charge is -2.11. The fourth-order valence-electron chi connectivity index (χ4n) is 1.12. The number of hydrogen-bond donors (Lipinski definition) is 2. The first-order valence-corrected chi connectivity index (χ1v) is 5.71. The maximum atomic E-state index is 11.6. The normalized spacial score (nSPS) is 12.7. The van der Waals surface area contributed by atoms with Gasteiger partial charge in [0.05, 0.1) is 11.3 Å². The largest absolute Gasteiger partial charge is 0.355 e. The van der Waals surface area contributed by atoms with Gasteiger partial charge in [0.25, 0.3) is 5.91 Å². The minimum absolute atomic E-state index is 0.155. The predicted molar refractivity (Wildman–Crippen MR) is 69.6 cm³/mol. The van der Waals surface area contributed by atoms with Gasteiger partial charge in [-0.05, 0) is 19.9 Å². The number of rotatable bonds is 5. The number of alkyl halides is 1. The summed E-state index contributed by atoms with van der Waals surface area (Å²) in [6, 6.07) is 0. The van der Waals surface area contributed by atoms with Crippen LogP contribution in [0.25, 0.3) is 0 Å². The predicted octanol–water partition coefficient (Wildman–Crippen LogP) is 1.49. The van der Waals surface area contributed by atoms with Crippen LogP contribution in [0.4, 0.5) is 0 Å². The monoisotopic (exact) mass is 256 g/mol. The second-order valence-electron chi connectivity index (χ2n) is 3.07.